The number of thiazole rings is 1. The molecule has 3 rings (SSSR count). The Balaban J connectivity index is 0.00000320. The number of aromatic nitrogens is 1. The number of hydrogen-bond acceptors (Lipinski definition) is 5. The maximum atomic E-state index is 13.1. The second-order valence-corrected chi connectivity index (χ2v) is 9.84. The standard InChI is InChI=1S/C22H26ClN3OS2.ClH/c1-16-5-10-19-20(15-16)29-22(24-19)26(13-4-12-25(2)3)21(27)11-14-28-18-8-6-17(23)7-9-18;/h5-10,15H,4,11-14H2,1-3H3;1H. The van der Waals surface area contributed by atoms with Crippen LogP contribution in [0.5, 0.6) is 0 Å². The molecule has 0 saturated heterocycles. The molecule has 0 saturated carbocycles. The molecule has 0 spiro atoms. The van der Waals surface area contributed by atoms with E-state index in [-0.39, 0.29) is 18.3 Å². The molecule has 0 aliphatic carbocycles. The van der Waals surface area contributed by atoms with Gasteiger partial charge in [-0.15, -0.1) is 24.2 Å². The van der Waals surface area contributed by atoms with Gasteiger partial charge in [0.25, 0.3) is 0 Å². The number of carbonyl (C=O) groups excluding carboxylic acids is 1. The van der Waals surface area contributed by atoms with Gasteiger partial charge in [-0.25, -0.2) is 4.98 Å². The molecule has 1 aromatic heterocycles. The minimum Gasteiger partial charge on any atom is -0.309 e. The van der Waals surface area contributed by atoms with Gasteiger partial charge in [0.1, 0.15) is 0 Å². The Morgan fingerprint density at radius 2 is 1.87 bits per heavy atom. The fourth-order valence-corrected chi connectivity index (χ4v) is 5.00. The van der Waals surface area contributed by atoms with Gasteiger partial charge >= 0.3 is 0 Å². The highest BCUT2D eigenvalue weighted by molar-refractivity contribution is 7.99. The van der Waals surface area contributed by atoms with Crippen LogP contribution in [0.3, 0.4) is 0 Å². The summed E-state index contributed by atoms with van der Waals surface area (Å²) in [6.07, 6.45) is 1.39. The minimum atomic E-state index is 0. The summed E-state index contributed by atoms with van der Waals surface area (Å²) in [6, 6.07) is 14.0. The Hall–Kier alpha value is -1.31. The lowest BCUT2D eigenvalue weighted by molar-refractivity contribution is -0.118. The lowest BCUT2D eigenvalue weighted by Crippen LogP contribution is -2.33. The summed E-state index contributed by atoms with van der Waals surface area (Å²) in [6.45, 7) is 3.70. The third-order valence-electron chi connectivity index (χ3n) is 4.45. The number of nitrogens with zero attached hydrogens (tertiary/aromatic N) is 3. The maximum Gasteiger partial charge on any atom is 0.229 e. The van der Waals surface area contributed by atoms with Crippen LogP contribution in [-0.2, 0) is 4.79 Å². The van der Waals surface area contributed by atoms with E-state index in [1.54, 1.807) is 23.1 Å². The molecule has 1 amide bonds. The molecular formula is C22H27Cl2N3OS2. The van der Waals surface area contributed by atoms with Gasteiger partial charge in [-0.1, -0.05) is 29.0 Å². The lowest BCUT2D eigenvalue weighted by Gasteiger charge is -2.21. The number of carbonyl (C=O) groups is 1. The number of anilines is 1. The van der Waals surface area contributed by atoms with Gasteiger partial charge in [-0.3, -0.25) is 9.69 Å². The van der Waals surface area contributed by atoms with Crippen molar-refractivity contribution in [1.29, 1.82) is 0 Å². The number of rotatable bonds is 9. The van der Waals surface area contributed by atoms with E-state index in [1.165, 1.54) is 5.56 Å². The van der Waals surface area contributed by atoms with Crippen molar-refractivity contribution >= 4 is 68.4 Å². The molecule has 0 bridgehead atoms. The van der Waals surface area contributed by atoms with Crippen LogP contribution in [0.4, 0.5) is 5.13 Å². The molecule has 8 heteroatoms. The summed E-state index contributed by atoms with van der Waals surface area (Å²) < 4.78 is 1.13. The van der Waals surface area contributed by atoms with Crippen LogP contribution < -0.4 is 4.90 Å². The zero-order chi connectivity index (χ0) is 20.8. The number of aryl methyl sites for hydroxylation is 1. The maximum absolute atomic E-state index is 13.1. The normalized spacial score (nSPS) is 11.0. The lowest BCUT2D eigenvalue weighted by atomic mass is 10.2. The molecule has 0 atom stereocenters. The first kappa shape index (κ1) is 25.0. The van der Waals surface area contributed by atoms with Crippen molar-refractivity contribution in [3.8, 4) is 0 Å². The van der Waals surface area contributed by atoms with Crippen LogP contribution in [0.2, 0.25) is 5.02 Å². The number of hydrogen-bond donors (Lipinski definition) is 0. The first-order valence-electron chi connectivity index (χ1n) is 9.63. The molecule has 4 nitrogen and oxygen atoms in total. The molecule has 1 heterocycles. The highest BCUT2D eigenvalue weighted by Crippen LogP contribution is 2.30. The molecule has 3 aromatic rings. The Labute approximate surface area is 198 Å². The van der Waals surface area contributed by atoms with Crippen molar-refractivity contribution in [2.45, 2.75) is 24.7 Å². The van der Waals surface area contributed by atoms with Crippen molar-refractivity contribution in [2.24, 2.45) is 0 Å². The van der Waals surface area contributed by atoms with Gasteiger partial charge in [-0.2, -0.15) is 0 Å². The third-order valence-corrected chi connectivity index (χ3v) is 6.76. The molecule has 30 heavy (non-hydrogen) atoms. The zero-order valence-corrected chi connectivity index (χ0v) is 20.6. The highest BCUT2D eigenvalue weighted by atomic mass is 35.5. The van der Waals surface area contributed by atoms with Crippen molar-refractivity contribution < 1.29 is 4.79 Å². The summed E-state index contributed by atoms with van der Waals surface area (Å²) in [7, 11) is 4.10. The number of halogens is 2. The molecule has 2 aromatic carbocycles. The van der Waals surface area contributed by atoms with E-state index in [0.717, 1.165) is 44.0 Å². The average Bonchev–Trinajstić information content (AvgIpc) is 3.09. The number of thioether (sulfide) groups is 1. The van der Waals surface area contributed by atoms with Gasteiger partial charge < -0.3 is 4.90 Å². The van der Waals surface area contributed by atoms with E-state index >= 15 is 0 Å². The van der Waals surface area contributed by atoms with Crippen LogP contribution in [0, 0.1) is 6.92 Å². The van der Waals surface area contributed by atoms with Crippen molar-refractivity contribution in [2.75, 3.05) is 37.8 Å². The van der Waals surface area contributed by atoms with Gasteiger partial charge in [0.2, 0.25) is 5.91 Å². The fourth-order valence-electron chi connectivity index (χ4n) is 2.93. The Morgan fingerprint density at radius 1 is 1.13 bits per heavy atom. The number of benzene rings is 2. The molecule has 0 aliphatic heterocycles. The summed E-state index contributed by atoms with van der Waals surface area (Å²) in [5, 5.41) is 1.52. The predicted molar refractivity (Wildman–Crippen MR) is 134 cm³/mol. The topological polar surface area (TPSA) is 36.4 Å². The molecule has 0 fully saturated rings. The Bertz CT molecular complexity index is 961. The summed E-state index contributed by atoms with van der Waals surface area (Å²) in [4.78, 5) is 22.9. The number of fused-ring (bicyclic) bond motifs is 1. The van der Waals surface area contributed by atoms with E-state index < -0.39 is 0 Å². The second-order valence-electron chi connectivity index (χ2n) is 7.22. The van der Waals surface area contributed by atoms with Crippen LogP contribution in [0.1, 0.15) is 18.4 Å². The van der Waals surface area contributed by atoms with E-state index in [9.17, 15) is 4.79 Å². The van der Waals surface area contributed by atoms with E-state index in [1.807, 2.05) is 35.2 Å². The first-order valence-corrected chi connectivity index (χ1v) is 11.8. The molecule has 0 N–H and O–H groups in total. The van der Waals surface area contributed by atoms with Crippen molar-refractivity contribution in [3.05, 3.63) is 53.1 Å². The monoisotopic (exact) mass is 483 g/mol. The van der Waals surface area contributed by atoms with E-state index in [0.29, 0.717) is 13.0 Å². The van der Waals surface area contributed by atoms with Crippen LogP contribution in [-0.4, -0.2) is 48.7 Å². The fraction of sp³-hybridized carbons (Fsp3) is 0.364. The van der Waals surface area contributed by atoms with E-state index in [4.69, 9.17) is 16.6 Å². The van der Waals surface area contributed by atoms with Crippen molar-refractivity contribution in [3.63, 3.8) is 0 Å². The minimum absolute atomic E-state index is 0. The SMILES string of the molecule is Cc1ccc2nc(N(CCCN(C)C)C(=O)CCSc3ccc(Cl)cc3)sc2c1.Cl. The highest BCUT2D eigenvalue weighted by Gasteiger charge is 2.19. The second kappa shape index (κ2) is 11.9. The largest absolute Gasteiger partial charge is 0.309 e. The summed E-state index contributed by atoms with van der Waals surface area (Å²) in [5.74, 6) is 0.857. The number of amides is 1. The predicted octanol–water partition coefficient (Wildman–Crippen LogP) is 6.15. The summed E-state index contributed by atoms with van der Waals surface area (Å²) in [5.41, 5.74) is 2.16. The van der Waals surface area contributed by atoms with Gasteiger partial charge in [-0.05, 0) is 75.9 Å². The van der Waals surface area contributed by atoms with Gasteiger partial charge in [0.05, 0.1) is 10.2 Å². The molecule has 0 aliphatic rings. The summed E-state index contributed by atoms with van der Waals surface area (Å²) >= 11 is 9.21. The van der Waals surface area contributed by atoms with E-state index in [2.05, 4.69) is 38.1 Å². The first-order chi connectivity index (χ1) is 13.9. The van der Waals surface area contributed by atoms with Crippen molar-refractivity contribution in [1.82, 2.24) is 9.88 Å². The van der Waals surface area contributed by atoms with Gasteiger partial charge in [0.15, 0.2) is 5.13 Å². The zero-order valence-electron chi connectivity index (χ0n) is 17.4. The third kappa shape index (κ3) is 7.13. The molecule has 162 valence electrons. The van der Waals surface area contributed by atoms with Crippen LogP contribution in [0.15, 0.2) is 47.4 Å². The Morgan fingerprint density at radius 3 is 2.57 bits per heavy atom. The van der Waals surface area contributed by atoms with Gasteiger partial charge in [0, 0.05) is 28.6 Å². The molecule has 0 unspecified atom stereocenters. The Kier molecular flexibility index (Phi) is 9.91. The van der Waals surface area contributed by atoms with Crippen LogP contribution >= 0.6 is 47.1 Å². The molecule has 0 radical (unpaired) electrons. The smallest absolute Gasteiger partial charge is 0.229 e. The van der Waals surface area contributed by atoms with Crippen LogP contribution in [0.25, 0.3) is 10.2 Å². The average molecular weight is 485 g/mol. The molecular weight excluding hydrogens is 457 g/mol. The quantitative estimate of drug-likeness (QED) is 0.342.